The molecule has 0 radical (unpaired) electrons. The molecule has 0 heterocycles. The first kappa shape index (κ1) is 10.4. The van der Waals surface area contributed by atoms with Gasteiger partial charge in [0.2, 0.25) is 0 Å². The van der Waals surface area contributed by atoms with Crippen LogP contribution in [0, 0.1) is 11.3 Å². The first-order valence-corrected chi connectivity index (χ1v) is 3.94. The van der Waals surface area contributed by atoms with E-state index in [0.717, 1.165) is 19.6 Å². The van der Waals surface area contributed by atoms with E-state index < -0.39 is 0 Å². The maximum Gasteiger partial charge on any atom is 0.0866 e. The van der Waals surface area contributed by atoms with Gasteiger partial charge in [0.05, 0.1) is 12.6 Å². The Morgan fingerprint density at radius 3 is 2.27 bits per heavy atom. The van der Waals surface area contributed by atoms with Crippen molar-refractivity contribution in [1.29, 1.82) is 5.26 Å². The van der Waals surface area contributed by atoms with Crippen molar-refractivity contribution in [3.05, 3.63) is 0 Å². The number of nitrogens with zero attached hydrogens (tertiary/aromatic N) is 3. The highest BCUT2D eigenvalue weighted by atomic mass is 15.2. The molecule has 64 valence electrons. The Balaban J connectivity index is 3.45. The van der Waals surface area contributed by atoms with Gasteiger partial charge in [0.15, 0.2) is 0 Å². The molecule has 0 unspecified atom stereocenters. The Kier molecular flexibility index (Phi) is 5.81. The molecular formula is C8H17N3. The van der Waals surface area contributed by atoms with Crippen LogP contribution in [0.15, 0.2) is 0 Å². The molecule has 0 N–H and O–H groups in total. The molecule has 0 aromatic rings. The van der Waals surface area contributed by atoms with Crippen LogP contribution in [0.4, 0.5) is 0 Å². The zero-order valence-corrected chi connectivity index (χ0v) is 7.67. The van der Waals surface area contributed by atoms with E-state index in [2.05, 4.69) is 22.8 Å². The summed E-state index contributed by atoms with van der Waals surface area (Å²) in [7, 11) is 4.08. The van der Waals surface area contributed by atoms with E-state index in [1.807, 2.05) is 14.1 Å². The molecule has 0 aromatic heterocycles. The molecule has 0 aromatic carbocycles. The highest BCUT2D eigenvalue weighted by Crippen LogP contribution is 1.86. The minimum absolute atomic E-state index is 0.546. The predicted octanol–water partition coefficient (Wildman–Crippen LogP) is 0.393. The second kappa shape index (κ2) is 6.14. The van der Waals surface area contributed by atoms with Crippen molar-refractivity contribution in [3.63, 3.8) is 0 Å². The normalized spacial score (nSPS) is 10.5. The van der Waals surface area contributed by atoms with Gasteiger partial charge in [0.1, 0.15) is 0 Å². The van der Waals surface area contributed by atoms with Crippen molar-refractivity contribution in [2.45, 2.75) is 6.92 Å². The highest BCUT2D eigenvalue weighted by molar-refractivity contribution is 4.75. The van der Waals surface area contributed by atoms with Crippen molar-refractivity contribution in [2.75, 3.05) is 40.3 Å². The minimum Gasteiger partial charge on any atom is -0.308 e. The molecule has 0 aliphatic heterocycles. The van der Waals surface area contributed by atoms with Gasteiger partial charge in [-0.1, -0.05) is 6.92 Å². The summed E-state index contributed by atoms with van der Waals surface area (Å²) in [5.41, 5.74) is 0. The van der Waals surface area contributed by atoms with Crippen LogP contribution in [0.2, 0.25) is 0 Å². The third-order valence-corrected chi connectivity index (χ3v) is 1.60. The van der Waals surface area contributed by atoms with Crippen LogP contribution in [0.25, 0.3) is 0 Å². The molecule has 0 aliphatic carbocycles. The Bertz CT molecular complexity index is 126. The average molecular weight is 155 g/mol. The molecule has 3 nitrogen and oxygen atoms in total. The standard InChI is InChI=1S/C8H17N3/c1-4-11(6-5-9)8-7-10(2)3/h4,6-8H2,1-3H3. The van der Waals surface area contributed by atoms with Crippen LogP contribution >= 0.6 is 0 Å². The number of rotatable bonds is 5. The van der Waals surface area contributed by atoms with E-state index in [-0.39, 0.29) is 0 Å². The van der Waals surface area contributed by atoms with Gasteiger partial charge in [-0.25, -0.2) is 0 Å². The quantitative estimate of drug-likeness (QED) is 0.538. The van der Waals surface area contributed by atoms with Gasteiger partial charge in [-0.15, -0.1) is 0 Å². The maximum absolute atomic E-state index is 8.43. The fourth-order valence-corrected chi connectivity index (χ4v) is 0.790. The van der Waals surface area contributed by atoms with E-state index in [0.29, 0.717) is 6.54 Å². The predicted molar refractivity (Wildman–Crippen MR) is 46.3 cm³/mol. The smallest absolute Gasteiger partial charge is 0.0866 e. The summed E-state index contributed by atoms with van der Waals surface area (Å²) in [5.74, 6) is 0. The van der Waals surface area contributed by atoms with Gasteiger partial charge in [-0.05, 0) is 20.6 Å². The molecule has 0 fully saturated rings. The molecular weight excluding hydrogens is 138 g/mol. The summed E-state index contributed by atoms with van der Waals surface area (Å²) in [6.07, 6.45) is 0. The van der Waals surface area contributed by atoms with E-state index in [1.165, 1.54) is 0 Å². The average Bonchev–Trinajstić information content (AvgIpc) is 1.97. The second-order valence-electron chi connectivity index (χ2n) is 2.83. The number of hydrogen-bond donors (Lipinski definition) is 0. The third-order valence-electron chi connectivity index (χ3n) is 1.60. The van der Waals surface area contributed by atoms with Gasteiger partial charge < -0.3 is 4.90 Å². The lowest BCUT2D eigenvalue weighted by Crippen LogP contribution is -2.31. The summed E-state index contributed by atoms with van der Waals surface area (Å²) in [6.45, 7) is 5.59. The number of hydrogen-bond acceptors (Lipinski definition) is 3. The van der Waals surface area contributed by atoms with Crippen LogP contribution in [0.3, 0.4) is 0 Å². The van der Waals surface area contributed by atoms with E-state index in [4.69, 9.17) is 5.26 Å². The highest BCUT2D eigenvalue weighted by Gasteiger charge is 2.00. The second-order valence-corrected chi connectivity index (χ2v) is 2.83. The van der Waals surface area contributed by atoms with Gasteiger partial charge >= 0.3 is 0 Å². The van der Waals surface area contributed by atoms with Gasteiger partial charge in [0, 0.05) is 13.1 Å². The fourth-order valence-electron chi connectivity index (χ4n) is 0.790. The summed E-state index contributed by atoms with van der Waals surface area (Å²) in [6, 6.07) is 2.15. The van der Waals surface area contributed by atoms with Crippen molar-refractivity contribution in [1.82, 2.24) is 9.80 Å². The molecule has 0 aliphatic rings. The van der Waals surface area contributed by atoms with Crippen molar-refractivity contribution in [3.8, 4) is 6.07 Å². The van der Waals surface area contributed by atoms with Crippen LogP contribution in [-0.2, 0) is 0 Å². The molecule has 0 spiro atoms. The monoisotopic (exact) mass is 155 g/mol. The molecule has 0 rings (SSSR count). The van der Waals surface area contributed by atoms with E-state index >= 15 is 0 Å². The van der Waals surface area contributed by atoms with Crippen LogP contribution in [-0.4, -0.2) is 50.1 Å². The SMILES string of the molecule is CCN(CC#N)CCN(C)C. The Hall–Kier alpha value is -0.590. The fraction of sp³-hybridized carbons (Fsp3) is 0.875. The van der Waals surface area contributed by atoms with E-state index in [9.17, 15) is 0 Å². The Morgan fingerprint density at radius 1 is 1.27 bits per heavy atom. The van der Waals surface area contributed by atoms with Crippen molar-refractivity contribution in [2.24, 2.45) is 0 Å². The third kappa shape index (κ3) is 5.84. The number of likely N-dealkylation sites (N-methyl/N-ethyl adjacent to an activating group) is 2. The molecule has 0 bridgehead atoms. The lowest BCUT2D eigenvalue weighted by atomic mass is 10.4. The van der Waals surface area contributed by atoms with Gasteiger partial charge in [-0.3, -0.25) is 4.90 Å². The van der Waals surface area contributed by atoms with Crippen LogP contribution in [0.5, 0.6) is 0 Å². The summed E-state index contributed by atoms with van der Waals surface area (Å²) in [5, 5.41) is 8.43. The molecule has 11 heavy (non-hydrogen) atoms. The lowest BCUT2D eigenvalue weighted by Gasteiger charge is -2.18. The summed E-state index contributed by atoms with van der Waals surface area (Å²) in [4.78, 5) is 4.25. The summed E-state index contributed by atoms with van der Waals surface area (Å²) >= 11 is 0. The first-order valence-electron chi connectivity index (χ1n) is 3.94. The first-order chi connectivity index (χ1) is 5.20. The van der Waals surface area contributed by atoms with Gasteiger partial charge in [0.25, 0.3) is 0 Å². The molecule has 0 amide bonds. The molecule has 0 saturated carbocycles. The Labute approximate surface area is 69.2 Å². The van der Waals surface area contributed by atoms with E-state index in [1.54, 1.807) is 0 Å². The minimum atomic E-state index is 0.546. The molecule has 0 saturated heterocycles. The topological polar surface area (TPSA) is 30.3 Å². The molecule has 3 heteroatoms. The largest absolute Gasteiger partial charge is 0.308 e. The van der Waals surface area contributed by atoms with Crippen LogP contribution < -0.4 is 0 Å². The van der Waals surface area contributed by atoms with Crippen molar-refractivity contribution >= 4 is 0 Å². The number of nitriles is 1. The summed E-state index contributed by atoms with van der Waals surface area (Å²) < 4.78 is 0. The zero-order chi connectivity index (χ0) is 8.69. The Morgan fingerprint density at radius 2 is 1.91 bits per heavy atom. The van der Waals surface area contributed by atoms with Crippen molar-refractivity contribution < 1.29 is 0 Å². The zero-order valence-electron chi connectivity index (χ0n) is 7.67. The maximum atomic E-state index is 8.43. The molecule has 0 atom stereocenters. The van der Waals surface area contributed by atoms with Crippen LogP contribution in [0.1, 0.15) is 6.92 Å². The lowest BCUT2D eigenvalue weighted by molar-refractivity contribution is 0.274. The van der Waals surface area contributed by atoms with Gasteiger partial charge in [-0.2, -0.15) is 5.26 Å².